The van der Waals surface area contributed by atoms with Gasteiger partial charge >= 0.3 is 5.97 Å². The van der Waals surface area contributed by atoms with Gasteiger partial charge in [-0.1, -0.05) is 12.8 Å². The van der Waals surface area contributed by atoms with Gasteiger partial charge in [-0.3, -0.25) is 4.79 Å². The minimum absolute atomic E-state index is 0.0461. The molecule has 0 aliphatic rings. The van der Waals surface area contributed by atoms with Crippen LogP contribution >= 0.6 is 0 Å². The smallest absolute Gasteiger partial charge is 0.305 e. The predicted molar refractivity (Wildman–Crippen MR) is 73.7 cm³/mol. The number of nitrogens with one attached hydrogen (secondary N) is 1. The Morgan fingerprint density at radius 3 is 2.33 bits per heavy atom. The van der Waals surface area contributed by atoms with E-state index in [-0.39, 0.29) is 11.6 Å². The second-order valence-electron chi connectivity index (χ2n) is 5.45. The normalized spacial score (nSPS) is 11.6. The van der Waals surface area contributed by atoms with Gasteiger partial charge in [0.05, 0.1) is 19.3 Å². The van der Waals surface area contributed by atoms with Gasteiger partial charge in [0, 0.05) is 13.0 Å². The monoisotopic (exact) mass is 259 g/mol. The van der Waals surface area contributed by atoms with Gasteiger partial charge in [-0.05, 0) is 40.2 Å². The third-order valence-corrected chi connectivity index (χ3v) is 2.53. The lowest BCUT2D eigenvalue weighted by Gasteiger charge is -2.19. The first-order valence-corrected chi connectivity index (χ1v) is 6.87. The molecule has 0 unspecified atom stereocenters. The van der Waals surface area contributed by atoms with E-state index in [0.717, 1.165) is 45.4 Å². The number of unbranched alkanes of at least 4 members (excludes halogenated alkanes) is 3. The Balaban J connectivity index is 3.10. The van der Waals surface area contributed by atoms with Crippen LogP contribution in [0.1, 0.15) is 52.9 Å². The van der Waals surface area contributed by atoms with E-state index in [1.54, 1.807) is 0 Å². The largest absolute Gasteiger partial charge is 0.469 e. The van der Waals surface area contributed by atoms with Gasteiger partial charge < -0.3 is 14.8 Å². The summed E-state index contributed by atoms with van der Waals surface area (Å²) in [7, 11) is 1.44. The molecule has 0 aliphatic heterocycles. The maximum Gasteiger partial charge on any atom is 0.305 e. The first-order chi connectivity index (χ1) is 8.45. The van der Waals surface area contributed by atoms with Crippen molar-refractivity contribution in [2.24, 2.45) is 0 Å². The van der Waals surface area contributed by atoms with Crippen LogP contribution in [0.15, 0.2) is 0 Å². The number of methoxy groups -OCH3 is 1. The van der Waals surface area contributed by atoms with E-state index in [1.807, 2.05) is 0 Å². The van der Waals surface area contributed by atoms with Crippen LogP contribution in [0.2, 0.25) is 0 Å². The van der Waals surface area contributed by atoms with Crippen LogP contribution in [0, 0.1) is 0 Å². The summed E-state index contributed by atoms with van der Waals surface area (Å²) < 4.78 is 10.2. The van der Waals surface area contributed by atoms with Crippen molar-refractivity contribution in [3.8, 4) is 0 Å². The van der Waals surface area contributed by atoms with Gasteiger partial charge in [0.1, 0.15) is 0 Å². The summed E-state index contributed by atoms with van der Waals surface area (Å²) >= 11 is 0. The number of carbonyl (C=O) groups excluding carboxylic acids is 1. The number of rotatable bonds is 10. The Hall–Kier alpha value is -0.610. The van der Waals surface area contributed by atoms with Crippen molar-refractivity contribution in [2.45, 2.75) is 58.5 Å². The van der Waals surface area contributed by atoms with Gasteiger partial charge in [0.2, 0.25) is 0 Å². The standard InChI is InChI=1S/C14H29NO3/c1-14(2,3)18-12-11-15-10-8-6-5-7-9-13(16)17-4/h15H,5-12H2,1-4H3. The molecule has 0 rings (SSSR count). The first-order valence-electron chi connectivity index (χ1n) is 6.87. The molecule has 0 atom stereocenters. The average Bonchev–Trinajstić information content (AvgIpc) is 2.29. The second-order valence-corrected chi connectivity index (χ2v) is 5.45. The molecule has 108 valence electrons. The van der Waals surface area contributed by atoms with E-state index in [1.165, 1.54) is 7.11 Å². The summed E-state index contributed by atoms with van der Waals surface area (Å²) in [6.07, 6.45) is 4.87. The molecule has 0 fully saturated rings. The van der Waals surface area contributed by atoms with Crippen LogP contribution in [-0.4, -0.2) is 38.4 Å². The summed E-state index contributed by atoms with van der Waals surface area (Å²) in [6.45, 7) is 8.87. The molecule has 0 aromatic carbocycles. The summed E-state index contributed by atoms with van der Waals surface area (Å²) in [5, 5.41) is 3.35. The zero-order chi connectivity index (χ0) is 13.9. The number of hydrogen-bond acceptors (Lipinski definition) is 4. The molecular formula is C14H29NO3. The lowest BCUT2D eigenvalue weighted by atomic mass is 10.1. The quantitative estimate of drug-likeness (QED) is 0.484. The topological polar surface area (TPSA) is 47.6 Å². The lowest BCUT2D eigenvalue weighted by Crippen LogP contribution is -2.27. The van der Waals surface area contributed by atoms with Crippen LogP contribution in [0.5, 0.6) is 0 Å². The van der Waals surface area contributed by atoms with E-state index in [9.17, 15) is 4.79 Å². The molecule has 0 amide bonds. The molecule has 0 saturated carbocycles. The minimum atomic E-state index is -0.104. The van der Waals surface area contributed by atoms with Crippen molar-refractivity contribution in [2.75, 3.05) is 26.8 Å². The van der Waals surface area contributed by atoms with Crippen molar-refractivity contribution in [1.82, 2.24) is 5.32 Å². The van der Waals surface area contributed by atoms with Crippen molar-refractivity contribution < 1.29 is 14.3 Å². The summed E-state index contributed by atoms with van der Waals surface area (Å²) in [5.74, 6) is -0.104. The maximum atomic E-state index is 10.9. The van der Waals surface area contributed by atoms with Gasteiger partial charge in [-0.15, -0.1) is 0 Å². The number of carbonyl (C=O) groups is 1. The number of hydrogen-bond donors (Lipinski definition) is 1. The zero-order valence-corrected chi connectivity index (χ0v) is 12.4. The highest BCUT2D eigenvalue weighted by atomic mass is 16.5. The average molecular weight is 259 g/mol. The van der Waals surface area contributed by atoms with Crippen LogP contribution in [0.3, 0.4) is 0 Å². The fraction of sp³-hybridized carbons (Fsp3) is 0.929. The van der Waals surface area contributed by atoms with Crippen molar-refractivity contribution in [3.63, 3.8) is 0 Å². The number of esters is 1. The maximum absolute atomic E-state index is 10.9. The SMILES string of the molecule is COC(=O)CCCCCCNCCOC(C)(C)C. The molecule has 0 aromatic rings. The van der Waals surface area contributed by atoms with Crippen LogP contribution in [0.25, 0.3) is 0 Å². The Kier molecular flexibility index (Phi) is 9.98. The predicted octanol–water partition coefficient (Wildman–Crippen LogP) is 2.51. The molecule has 4 heteroatoms. The molecule has 0 aromatic heterocycles. The molecule has 0 radical (unpaired) electrons. The molecule has 0 heterocycles. The summed E-state index contributed by atoms with van der Waals surface area (Å²) in [5.41, 5.74) is -0.0461. The molecular weight excluding hydrogens is 230 g/mol. The first kappa shape index (κ1) is 17.4. The fourth-order valence-corrected chi connectivity index (χ4v) is 1.53. The van der Waals surface area contributed by atoms with Gasteiger partial charge in [-0.25, -0.2) is 0 Å². The van der Waals surface area contributed by atoms with E-state index >= 15 is 0 Å². The third-order valence-electron chi connectivity index (χ3n) is 2.53. The highest BCUT2D eigenvalue weighted by Gasteiger charge is 2.08. The van der Waals surface area contributed by atoms with E-state index in [2.05, 4.69) is 30.8 Å². The van der Waals surface area contributed by atoms with E-state index in [4.69, 9.17) is 4.74 Å². The Morgan fingerprint density at radius 2 is 1.72 bits per heavy atom. The van der Waals surface area contributed by atoms with Crippen molar-refractivity contribution in [1.29, 1.82) is 0 Å². The molecule has 18 heavy (non-hydrogen) atoms. The minimum Gasteiger partial charge on any atom is -0.469 e. The molecule has 1 N–H and O–H groups in total. The highest BCUT2D eigenvalue weighted by Crippen LogP contribution is 2.05. The van der Waals surface area contributed by atoms with E-state index < -0.39 is 0 Å². The Morgan fingerprint density at radius 1 is 1.06 bits per heavy atom. The third kappa shape index (κ3) is 13.5. The molecule has 0 saturated heterocycles. The summed E-state index contributed by atoms with van der Waals surface area (Å²) in [6, 6.07) is 0. The molecule has 0 aliphatic carbocycles. The zero-order valence-electron chi connectivity index (χ0n) is 12.4. The molecule has 0 spiro atoms. The second kappa shape index (κ2) is 10.3. The van der Waals surface area contributed by atoms with E-state index in [0.29, 0.717) is 6.42 Å². The summed E-state index contributed by atoms with van der Waals surface area (Å²) in [4.78, 5) is 10.9. The van der Waals surface area contributed by atoms with Gasteiger partial charge in [0.15, 0.2) is 0 Å². The van der Waals surface area contributed by atoms with Gasteiger partial charge in [-0.2, -0.15) is 0 Å². The Bertz CT molecular complexity index is 212. The van der Waals surface area contributed by atoms with Gasteiger partial charge in [0.25, 0.3) is 0 Å². The molecule has 0 bridgehead atoms. The Labute approximate surface area is 111 Å². The lowest BCUT2D eigenvalue weighted by molar-refractivity contribution is -0.140. The number of ether oxygens (including phenoxy) is 2. The van der Waals surface area contributed by atoms with Crippen molar-refractivity contribution >= 4 is 5.97 Å². The van der Waals surface area contributed by atoms with Crippen LogP contribution in [0.4, 0.5) is 0 Å². The van der Waals surface area contributed by atoms with Crippen LogP contribution in [-0.2, 0) is 14.3 Å². The fourth-order valence-electron chi connectivity index (χ4n) is 1.53. The van der Waals surface area contributed by atoms with Crippen LogP contribution < -0.4 is 5.32 Å². The highest BCUT2D eigenvalue weighted by molar-refractivity contribution is 5.68. The molecule has 4 nitrogen and oxygen atoms in total. The van der Waals surface area contributed by atoms with Crippen molar-refractivity contribution in [3.05, 3.63) is 0 Å².